The number of carbonyl (C=O) groups excluding carboxylic acids is 1. The van der Waals surface area contributed by atoms with E-state index in [1.807, 2.05) is 0 Å². The van der Waals surface area contributed by atoms with E-state index in [1.54, 1.807) is 6.20 Å². The van der Waals surface area contributed by atoms with Gasteiger partial charge in [0, 0.05) is 11.9 Å². The number of imidazole rings is 1. The Morgan fingerprint density at radius 3 is 3.14 bits per heavy atom. The number of rotatable bonds is 5. The Balaban J connectivity index is 2.43. The van der Waals surface area contributed by atoms with E-state index in [9.17, 15) is 4.79 Å². The average molecular weight is 215 g/mol. The number of nitrogens with zero attached hydrogens (tertiary/aromatic N) is 1. The standard InChI is InChI=1S/C9H11ClN2O2/c1-2-3-14-9(13)4-8-11-6-7(5-10)12-8/h2,6H,1,3-5H2,(H,11,12). The van der Waals surface area contributed by atoms with Crippen molar-refractivity contribution in [1.29, 1.82) is 0 Å². The van der Waals surface area contributed by atoms with Gasteiger partial charge in [-0.3, -0.25) is 4.79 Å². The lowest BCUT2D eigenvalue weighted by Gasteiger charge is -1.98. The van der Waals surface area contributed by atoms with Crippen LogP contribution in [0.15, 0.2) is 18.9 Å². The molecular formula is C9H11ClN2O2. The van der Waals surface area contributed by atoms with Crippen LogP contribution in [-0.4, -0.2) is 22.5 Å². The van der Waals surface area contributed by atoms with Gasteiger partial charge in [-0.2, -0.15) is 0 Å². The first-order chi connectivity index (χ1) is 6.76. The van der Waals surface area contributed by atoms with Gasteiger partial charge in [-0.15, -0.1) is 11.6 Å². The van der Waals surface area contributed by atoms with E-state index in [4.69, 9.17) is 16.3 Å². The molecule has 1 aromatic rings. The Bertz CT molecular complexity index is 322. The fourth-order valence-corrected chi connectivity index (χ4v) is 1.04. The first-order valence-electron chi connectivity index (χ1n) is 4.11. The molecule has 0 amide bonds. The number of H-pyrrole nitrogens is 1. The number of aromatic nitrogens is 2. The van der Waals surface area contributed by atoms with Gasteiger partial charge in [-0.05, 0) is 0 Å². The molecule has 0 bridgehead atoms. The highest BCUT2D eigenvalue weighted by Crippen LogP contribution is 2.01. The maximum Gasteiger partial charge on any atom is 0.313 e. The van der Waals surface area contributed by atoms with Crippen LogP contribution in [0.4, 0.5) is 0 Å². The summed E-state index contributed by atoms with van der Waals surface area (Å²) in [6.07, 6.45) is 3.25. The fraction of sp³-hybridized carbons (Fsp3) is 0.333. The summed E-state index contributed by atoms with van der Waals surface area (Å²) >= 11 is 5.56. The first-order valence-corrected chi connectivity index (χ1v) is 4.65. The Kier molecular flexibility index (Phi) is 4.19. The van der Waals surface area contributed by atoms with Crippen LogP contribution in [0.1, 0.15) is 11.5 Å². The van der Waals surface area contributed by atoms with Crippen molar-refractivity contribution in [3.05, 3.63) is 30.4 Å². The molecule has 0 saturated heterocycles. The molecule has 0 atom stereocenters. The largest absolute Gasteiger partial charge is 0.461 e. The number of hydrogen-bond acceptors (Lipinski definition) is 3. The predicted octanol–water partition coefficient (Wildman–Crippen LogP) is 1.42. The Labute approximate surface area is 86.9 Å². The zero-order valence-corrected chi connectivity index (χ0v) is 8.38. The lowest BCUT2D eigenvalue weighted by molar-refractivity contribution is -0.141. The highest BCUT2D eigenvalue weighted by molar-refractivity contribution is 6.16. The van der Waals surface area contributed by atoms with Crippen LogP contribution in [0.25, 0.3) is 0 Å². The molecule has 1 rings (SSSR count). The zero-order valence-electron chi connectivity index (χ0n) is 7.62. The quantitative estimate of drug-likeness (QED) is 0.458. The van der Waals surface area contributed by atoms with Crippen LogP contribution >= 0.6 is 11.6 Å². The molecule has 0 aromatic carbocycles. The first kappa shape index (κ1) is 10.8. The Hall–Kier alpha value is -1.29. The van der Waals surface area contributed by atoms with Crippen LogP contribution in [0.3, 0.4) is 0 Å². The summed E-state index contributed by atoms with van der Waals surface area (Å²) in [5.74, 6) is 0.587. The lowest BCUT2D eigenvalue weighted by Crippen LogP contribution is -2.08. The molecule has 0 radical (unpaired) electrons. The molecule has 0 unspecified atom stereocenters. The second-order valence-corrected chi connectivity index (χ2v) is 2.90. The molecule has 0 aliphatic carbocycles. The van der Waals surface area contributed by atoms with Crippen molar-refractivity contribution in [2.45, 2.75) is 12.3 Å². The van der Waals surface area contributed by atoms with Gasteiger partial charge < -0.3 is 9.72 Å². The van der Waals surface area contributed by atoms with Crippen molar-refractivity contribution in [2.24, 2.45) is 0 Å². The third-order valence-corrected chi connectivity index (χ3v) is 1.79. The molecule has 0 fully saturated rings. The minimum Gasteiger partial charge on any atom is -0.461 e. The maximum absolute atomic E-state index is 11.1. The van der Waals surface area contributed by atoms with Gasteiger partial charge in [-0.1, -0.05) is 12.7 Å². The van der Waals surface area contributed by atoms with E-state index in [1.165, 1.54) is 6.08 Å². The minimum absolute atomic E-state index is 0.130. The number of nitrogens with one attached hydrogen (secondary N) is 1. The summed E-state index contributed by atoms with van der Waals surface area (Å²) in [6.45, 7) is 3.66. The number of ether oxygens (including phenoxy) is 1. The van der Waals surface area contributed by atoms with Crippen molar-refractivity contribution in [3.8, 4) is 0 Å². The van der Waals surface area contributed by atoms with Crippen molar-refractivity contribution in [1.82, 2.24) is 9.97 Å². The van der Waals surface area contributed by atoms with Gasteiger partial charge in [0.2, 0.25) is 0 Å². The van der Waals surface area contributed by atoms with Crippen LogP contribution in [0.5, 0.6) is 0 Å². The van der Waals surface area contributed by atoms with Crippen LogP contribution in [0.2, 0.25) is 0 Å². The second kappa shape index (κ2) is 5.44. The SMILES string of the molecule is C=CCOC(=O)Cc1ncc(CCl)[nH]1. The molecule has 0 saturated carbocycles. The number of halogens is 1. The van der Waals surface area contributed by atoms with Crippen molar-refractivity contribution in [3.63, 3.8) is 0 Å². The van der Waals surface area contributed by atoms with Gasteiger partial charge in [0.1, 0.15) is 18.9 Å². The molecule has 0 aliphatic heterocycles. The van der Waals surface area contributed by atoms with E-state index >= 15 is 0 Å². The predicted molar refractivity (Wildman–Crippen MR) is 53.0 cm³/mol. The van der Waals surface area contributed by atoms with Crippen molar-refractivity contribution in [2.75, 3.05) is 6.61 Å². The van der Waals surface area contributed by atoms with Crippen LogP contribution in [-0.2, 0) is 21.8 Å². The Morgan fingerprint density at radius 1 is 1.79 bits per heavy atom. The topological polar surface area (TPSA) is 55.0 Å². The van der Waals surface area contributed by atoms with E-state index in [0.29, 0.717) is 11.7 Å². The maximum atomic E-state index is 11.1. The summed E-state index contributed by atoms with van der Waals surface area (Å²) in [7, 11) is 0. The molecule has 1 aromatic heterocycles. The monoisotopic (exact) mass is 214 g/mol. The molecule has 1 heterocycles. The average Bonchev–Trinajstić information content (AvgIpc) is 2.62. The van der Waals surface area contributed by atoms with Gasteiger partial charge in [0.15, 0.2) is 0 Å². The van der Waals surface area contributed by atoms with Gasteiger partial charge in [0.25, 0.3) is 0 Å². The van der Waals surface area contributed by atoms with Gasteiger partial charge >= 0.3 is 5.97 Å². The summed E-state index contributed by atoms with van der Waals surface area (Å²) in [5, 5.41) is 0. The van der Waals surface area contributed by atoms with Gasteiger partial charge in [0.05, 0.1) is 5.88 Å². The smallest absolute Gasteiger partial charge is 0.313 e. The number of esters is 1. The highest BCUT2D eigenvalue weighted by atomic mass is 35.5. The Morgan fingerprint density at radius 2 is 2.57 bits per heavy atom. The fourth-order valence-electron chi connectivity index (χ4n) is 0.903. The van der Waals surface area contributed by atoms with E-state index in [0.717, 1.165) is 5.69 Å². The normalized spacial score (nSPS) is 9.79. The summed E-state index contributed by atoms with van der Waals surface area (Å²) in [4.78, 5) is 18.0. The number of aromatic amines is 1. The third-order valence-electron chi connectivity index (χ3n) is 1.50. The third kappa shape index (κ3) is 3.22. The van der Waals surface area contributed by atoms with Crippen LogP contribution < -0.4 is 0 Å². The minimum atomic E-state index is -0.333. The molecule has 0 aliphatic rings. The van der Waals surface area contributed by atoms with E-state index < -0.39 is 0 Å². The number of carbonyl (C=O) groups is 1. The molecule has 4 nitrogen and oxygen atoms in total. The molecule has 14 heavy (non-hydrogen) atoms. The lowest BCUT2D eigenvalue weighted by atomic mass is 10.4. The zero-order chi connectivity index (χ0) is 10.4. The van der Waals surface area contributed by atoms with Crippen LogP contribution in [0, 0.1) is 0 Å². The summed E-state index contributed by atoms with van der Waals surface area (Å²) < 4.78 is 4.79. The molecule has 76 valence electrons. The summed E-state index contributed by atoms with van der Waals surface area (Å²) in [6, 6.07) is 0. The summed E-state index contributed by atoms with van der Waals surface area (Å²) in [5.41, 5.74) is 0.790. The molecule has 5 heteroatoms. The van der Waals surface area contributed by atoms with E-state index in [2.05, 4.69) is 16.5 Å². The van der Waals surface area contributed by atoms with E-state index in [-0.39, 0.29) is 19.0 Å². The highest BCUT2D eigenvalue weighted by Gasteiger charge is 2.07. The second-order valence-electron chi connectivity index (χ2n) is 2.64. The molecular weight excluding hydrogens is 204 g/mol. The molecule has 1 N–H and O–H groups in total. The number of hydrogen-bond donors (Lipinski definition) is 1. The number of alkyl halides is 1. The van der Waals surface area contributed by atoms with Crippen molar-refractivity contribution >= 4 is 17.6 Å². The molecule has 0 spiro atoms. The van der Waals surface area contributed by atoms with Crippen molar-refractivity contribution < 1.29 is 9.53 Å². The van der Waals surface area contributed by atoms with Gasteiger partial charge in [-0.25, -0.2) is 4.98 Å².